The third kappa shape index (κ3) is 3.27. The van der Waals surface area contributed by atoms with Gasteiger partial charge in [-0.05, 0) is 17.7 Å². The number of imide groups is 1. The molecule has 1 aliphatic heterocycles. The summed E-state index contributed by atoms with van der Waals surface area (Å²) >= 11 is 0. The van der Waals surface area contributed by atoms with E-state index in [2.05, 4.69) is 0 Å². The molecule has 1 N–H and O–H groups in total. The van der Waals surface area contributed by atoms with E-state index >= 15 is 0 Å². The van der Waals surface area contributed by atoms with Crippen molar-refractivity contribution >= 4 is 23.5 Å². The molecule has 6 nitrogen and oxygen atoms in total. The minimum atomic E-state index is -0.843. The first kappa shape index (κ1) is 16.0. The van der Waals surface area contributed by atoms with Crippen molar-refractivity contribution in [1.29, 1.82) is 0 Å². The van der Waals surface area contributed by atoms with Gasteiger partial charge in [0, 0.05) is 18.2 Å². The number of amides is 2. The molecule has 1 heterocycles. The SMILES string of the molecule is CN1C(=O)CN(c2ccc(C(C)(C)CC(=O)O)cc2)CC1=O. The summed E-state index contributed by atoms with van der Waals surface area (Å²) in [5.41, 5.74) is 1.22. The van der Waals surface area contributed by atoms with E-state index in [0.717, 1.165) is 16.2 Å². The highest BCUT2D eigenvalue weighted by Crippen LogP contribution is 2.29. The lowest BCUT2D eigenvalue weighted by atomic mass is 9.81. The number of benzene rings is 1. The number of nitrogens with zero attached hydrogens (tertiary/aromatic N) is 2. The quantitative estimate of drug-likeness (QED) is 0.847. The highest BCUT2D eigenvalue weighted by molar-refractivity contribution is 6.02. The number of anilines is 1. The standard InChI is InChI=1S/C16H20N2O4/c1-16(2,8-15(21)22)11-4-6-12(7-5-11)18-9-13(19)17(3)14(20)10-18/h4-7H,8-10H2,1-3H3,(H,21,22). The Labute approximate surface area is 129 Å². The Hall–Kier alpha value is -2.37. The maximum Gasteiger partial charge on any atom is 0.304 e. The zero-order valence-electron chi connectivity index (χ0n) is 13.0. The molecule has 1 aromatic carbocycles. The Morgan fingerprint density at radius 3 is 2.09 bits per heavy atom. The summed E-state index contributed by atoms with van der Waals surface area (Å²) in [6, 6.07) is 7.35. The molecule has 0 atom stereocenters. The van der Waals surface area contributed by atoms with Gasteiger partial charge in [-0.15, -0.1) is 0 Å². The van der Waals surface area contributed by atoms with Crippen LogP contribution in [0.2, 0.25) is 0 Å². The largest absolute Gasteiger partial charge is 0.481 e. The number of aliphatic carboxylic acids is 1. The van der Waals surface area contributed by atoms with Gasteiger partial charge in [0.1, 0.15) is 0 Å². The molecule has 0 aromatic heterocycles. The zero-order valence-corrected chi connectivity index (χ0v) is 13.0. The van der Waals surface area contributed by atoms with Gasteiger partial charge in [0.25, 0.3) is 0 Å². The lowest BCUT2D eigenvalue weighted by Crippen LogP contribution is -2.52. The molecule has 0 bridgehead atoms. The Morgan fingerprint density at radius 2 is 1.64 bits per heavy atom. The van der Waals surface area contributed by atoms with E-state index in [1.165, 1.54) is 7.05 Å². The van der Waals surface area contributed by atoms with Gasteiger partial charge in [0.15, 0.2) is 0 Å². The first-order chi connectivity index (χ1) is 10.2. The number of hydrogen-bond acceptors (Lipinski definition) is 4. The molecule has 1 saturated heterocycles. The third-order valence-corrected chi connectivity index (χ3v) is 4.01. The predicted molar refractivity (Wildman–Crippen MR) is 81.7 cm³/mol. The fourth-order valence-corrected chi connectivity index (χ4v) is 2.52. The van der Waals surface area contributed by atoms with E-state index in [-0.39, 0.29) is 31.3 Å². The van der Waals surface area contributed by atoms with E-state index in [9.17, 15) is 14.4 Å². The van der Waals surface area contributed by atoms with Crippen molar-refractivity contribution in [1.82, 2.24) is 4.90 Å². The molecule has 2 rings (SSSR count). The summed E-state index contributed by atoms with van der Waals surface area (Å²) in [4.78, 5) is 37.2. The topological polar surface area (TPSA) is 77.9 Å². The number of carboxylic acids is 1. The first-order valence-corrected chi connectivity index (χ1v) is 7.07. The molecule has 0 saturated carbocycles. The Kier molecular flexibility index (Phi) is 4.21. The molecule has 0 unspecified atom stereocenters. The number of carbonyl (C=O) groups excluding carboxylic acids is 2. The molecule has 0 spiro atoms. The minimum Gasteiger partial charge on any atom is -0.481 e. The summed E-state index contributed by atoms with van der Waals surface area (Å²) in [6.45, 7) is 4.08. The molecule has 2 amide bonds. The Balaban J connectivity index is 2.17. The summed E-state index contributed by atoms with van der Waals surface area (Å²) in [5, 5.41) is 8.96. The Morgan fingerprint density at radius 1 is 1.14 bits per heavy atom. The van der Waals surface area contributed by atoms with Crippen molar-refractivity contribution in [2.24, 2.45) is 0 Å². The maximum atomic E-state index is 11.7. The summed E-state index contributed by atoms with van der Waals surface area (Å²) in [6.07, 6.45) is 0.0395. The second-order valence-corrected chi connectivity index (χ2v) is 6.20. The highest BCUT2D eigenvalue weighted by atomic mass is 16.4. The van der Waals surface area contributed by atoms with Crippen molar-refractivity contribution in [3.63, 3.8) is 0 Å². The van der Waals surface area contributed by atoms with Crippen molar-refractivity contribution in [3.05, 3.63) is 29.8 Å². The molecule has 118 valence electrons. The molecular weight excluding hydrogens is 284 g/mol. The smallest absolute Gasteiger partial charge is 0.304 e. The average Bonchev–Trinajstić information content (AvgIpc) is 2.43. The third-order valence-electron chi connectivity index (χ3n) is 4.01. The van der Waals surface area contributed by atoms with Gasteiger partial charge in [-0.1, -0.05) is 26.0 Å². The lowest BCUT2D eigenvalue weighted by molar-refractivity contribution is -0.143. The second kappa shape index (κ2) is 5.79. The fraction of sp³-hybridized carbons (Fsp3) is 0.438. The highest BCUT2D eigenvalue weighted by Gasteiger charge is 2.29. The van der Waals surface area contributed by atoms with E-state index in [1.807, 2.05) is 38.1 Å². The number of piperazine rings is 1. The van der Waals surface area contributed by atoms with Crippen molar-refractivity contribution in [2.75, 3.05) is 25.0 Å². The number of carboxylic acid groups (broad SMARTS) is 1. The van der Waals surface area contributed by atoms with Crippen molar-refractivity contribution in [3.8, 4) is 0 Å². The molecule has 6 heteroatoms. The van der Waals surface area contributed by atoms with Crippen LogP contribution in [-0.4, -0.2) is 47.9 Å². The van der Waals surface area contributed by atoms with E-state index < -0.39 is 11.4 Å². The lowest BCUT2D eigenvalue weighted by Gasteiger charge is -2.32. The van der Waals surface area contributed by atoms with Crippen LogP contribution in [0.25, 0.3) is 0 Å². The summed E-state index contributed by atoms with van der Waals surface area (Å²) in [7, 11) is 1.49. The van der Waals surface area contributed by atoms with Crippen LogP contribution in [0.4, 0.5) is 5.69 Å². The molecule has 1 fully saturated rings. The molecular formula is C16H20N2O4. The van der Waals surface area contributed by atoms with Crippen LogP contribution in [0.15, 0.2) is 24.3 Å². The van der Waals surface area contributed by atoms with Gasteiger partial charge >= 0.3 is 5.97 Å². The van der Waals surface area contributed by atoms with E-state index in [1.54, 1.807) is 4.90 Å². The molecule has 0 aliphatic carbocycles. The van der Waals surface area contributed by atoms with Crippen molar-refractivity contribution < 1.29 is 19.5 Å². The number of likely N-dealkylation sites (N-methyl/N-ethyl adjacent to an activating group) is 1. The van der Waals surface area contributed by atoms with Crippen LogP contribution in [0.5, 0.6) is 0 Å². The second-order valence-electron chi connectivity index (χ2n) is 6.20. The molecule has 0 radical (unpaired) electrons. The Bertz CT molecular complexity index is 589. The van der Waals surface area contributed by atoms with Gasteiger partial charge in [0.2, 0.25) is 11.8 Å². The summed E-state index contributed by atoms with van der Waals surface area (Å²) in [5.74, 6) is -1.30. The number of hydrogen-bond donors (Lipinski definition) is 1. The maximum absolute atomic E-state index is 11.7. The minimum absolute atomic E-state index is 0.0395. The van der Waals surface area contributed by atoms with Gasteiger partial charge in [-0.25, -0.2) is 0 Å². The van der Waals surface area contributed by atoms with E-state index in [0.29, 0.717) is 0 Å². The molecule has 22 heavy (non-hydrogen) atoms. The van der Waals surface area contributed by atoms with Crippen molar-refractivity contribution in [2.45, 2.75) is 25.7 Å². The van der Waals surface area contributed by atoms with Gasteiger partial charge in [-0.2, -0.15) is 0 Å². The van der Waals surface area contributed by atoms with E-state index in [4.69, 9.17) is 5.11 Å². The first-order valence-electron chi connectivity index (χ1n) is 7.07. The fourth-order valence-electron chi connectivity index (χ4n) is 2.52. The van der Waals surface area contributed by atoms with Gasteiger partial charge in [-0.3, -0.25) is 19.3 Å². The average molecular weight is 304 g/mol. The summed E-state index contributed by atoms with van der Waals surface area (Å²) < 4.78 is 0. The van der Waals surface area contributed by atoms with Gasteiger partial charge in [0.05, 0.1) is 19.5 Å². The molecule has 1 aliphatic rings. The molecule has 1 aromatic rings. The number of rotatable bonds is 4. The van der Waals surface area contributed by atoms with Crippen LogP contribution in [-0.2, 0) is 19.8 Å². The number of carbonyl (C=O) groups is 3. The van der Waals surface area contributed by atoms with Crippen LogP contribution in [0.3, 0.4) is 0 Å². The zero-order chi connectivity index (χ0) is 16.5. The monoisotopic (exact) mass is 304 g/mol. The predicted octanol–water partition coefficient (Wildman–Crippen LogP) is 1.24. The van der Waals surface area contributed by atoms with Crippen LogP contribution in [0.1, 0.15) is 25.8 Å². The van der Waals surface area contributed by atoms with Crippen LogP contribution >= 0.6 is 0 Å². The van der Waals surface area contributed by atoms with Gasteiger partial charge < -0.3 is 10.0 Å². The van der Waals surface area contributed by atoms with Crippen LogP contribution < -0.4 is 4.90 Å². The van der Waals surface area contributed by atoms with Crippen LogP contribution in [0, 0.1) is 0 Å². The normalized spacial score (nSPS) is 16.1.